The third-order valence-corrected chi connectivity index (χ3v) is 2.99. The van der Waals surface area contributed by atoms with Gasteiger partial charge in [-0.1, -0.05) is 6.07 Å². The van der Waals surface area contributed by atoms with Crippen LogP contribution in [-0.2, 0) is 6.54 Å². The lowest BCUT2D eigenvalue weighted by molar-refractivity contribution is 0.279. The molecule has 0 unspecified atom stereocenters. The van der Waals surface area contributed by atoms with Gasteiger partial charge in [-0.2, -0.15) is 0 Å². The predicted octanol–water partition coefficient (Wildman–Crippen LogP) is 0.144. The van der Waals surface area contributed by atoms with Crippen molar-refractivity contribution in [3.8, 4) is 0 Å². The van der Waals surface area contributed by atoms with Gasteiger partial charge in [0, 0.05) is 38.4 Å². The number of pyridine rings is 1. The summed E-state index contributed by atoms with van der Waals surface area (Å²) in [6.07, 6.45) is 3.06. The summed E-state index contributed by atoms with van der Waals surface area (Å²) in [6.45, 7) is 6.15. The van der Waals surface area contributed by atoms with Gasteiger partial charge >= 0.3 is 0 Å². The first-order valence-corrected chi connectivity index (χ1v) is 5.95. The molecule has 16 heavy (non-hydrogen) atoms. The fourth-order valence-electron chi connectivity index (χ4n) is 2.02. The molecular weight excluding hydrogens is 202 g/mol. The Balaban J connectivity index is 1.86. The van der Waals surface area contributed by atoms with E-state index in [2.05, 4.69) is 10.2 Å². The van der Waals surface area contributed by atoms with Crippen LogP contribution in [0.25, 0.3) is 0 Å². The van der Waals surface area contributed by atoms with E-state index in [1.807, 2.05) is 12.3 Å². The molecule has 1 fully saturated rings. The predicted molar refractivity (Wildman–Crippen MR) is 64.6 cm³/mol. The minimum Gasteiger partial charge on any atom is -0.315 e. The minimum atomic E-state index is 0.0930. The van der Waals surface area contributed by atoms with Gasteiger partial charge < -0.3 is 14.8 Å². The van der Waals surface area contributed by atoms with E-state index in [1.54, 1.807) is 16.7 Å². The average Bonchev–Trinajstić information content (AvgIpc) is 2.56. The molecule has 1 aromatic heterocycles. The van der Waals surface area contributed by atoms with Gasteiger partial charge in [0.15, 0.2) is 0 Å². The lowest BCUT2D eigenvalue weighted by Crippen LogP contribution is -2.33. The van der Waals surface area contributed by atoms with Gasteiger partial charge in [0.05, 0.1) is 0 Å². The van der Waals surface area contributed by atoms with Crippen LogP contribution >= 0.6 is 0 Å². The van der Waals surface area contributed by atoms with Crippen molar-refractivity contribution in [2.45, 2.75) is 13.0 Å². The molecule has 0 aliphatic carbocycles. The Kier molecular flexibility index (Phi) is 4.13. The van der Waals surface area contributed by atoms with Crippen LogP contribution in [0.4, 0.5) is 0 Å². The van der Waals surface area contributed by atoms with Crippen molar-refractivity contribution in [3.05, 3.63) is 34.7 Å². The van der Waals surface area contributed by atoms with Crippen molar-refractivity contribution < 1.29 is 0 Å². The highest BCUT2D eigenvalue weighted by molar-refractivity contribution is 4.93. The van der Waals surface area contributed by atoms with E-state index in [1.165, 1.54) is 6.42 Å². The molecule has 0 saturated carbocycles. The Morgan fingerprint density at radius 1 is 1.19 bits per heavy atom. The third kappa shape index (κ3) is 3.18. The SMILES string of the molecule is O=c1ccccn1CCN1CCCNCC1. The van der Waals surface area contributed by atoms with E-state index >= 15 is 0 Å². The maximum absolute atomic E-state index is 11.5. The van der Waals surface area contributed by atoms with Crippen LogP contribution in [0.2, 0.25) is 0 Å². The lowest BCUT2D eigenvalue weighted by atomic mass is 10.4. The van der Waals surface area contributed by atoms with Crippen LogP contribution in [0.5, 0.6) is 0 Å². The Morgan fingerprint density at radius 3 is 3.00 bits per heavy atom. The smallest absolute Gasteiger partial charge is 0.250 e. The van der Waals surface area contributed by atoms with Gasteiger partial charge in [-0.3, -0.25) is 4.79 Å². The summed E-state index contributed by atoms with van der Waals surface area (Å²) in [4.78, 5) is 13.9. The Labute approximate surface area is 95.9 Å². The summed E-state index contributed by atoms with van der Waals surface area (Å²) >= 11 is 0. The lowest BCUT2D eigenvalue weighted by Gasteiger charge is -2.19. The monoisotopic (exact) mass is 221 g/mol. The molecule has 0 atom stereocenters. The zero-order valence-corrected chi connectivity index (χ0v) is 9.56. The average molecular weight is 221 g/mol. The van der Waals surface area contributed by atoms with Crippen molar-refractivity contribution in [2.24, 2.45) is 0 Å². The molecule has 0 spiro atoms. The number of nitrogens with zero attached hydrogens (tertiary/aromatic N) is 2. The molecule has 1 saturated heterocycles. The first kappa shape index (κ1) is 11.4. The largest absolute Gasteiger partial charge is 0.315 e. The van der Waals surface area contributed by atoms with Crippen molar-refractivity contribution in [1.29, 1.82) is 0 Å². The Morgan fingerprint density at radius 2 is 2.12 bits per heavy atom. The van der Waals surface area contributed by atoms with Crippen molar-refractivity contribution in [3.63, 3.8) is 0 Å². The van der Waals surface area contributed by atoms with E-state index in [4.69, 9.17) is 0 Å². The molecule has 1 aliphatic rings. The van der Waals surface area contributed by atoms with Gasteiger partial charge in [0.1, 0.15) is 0 Å². The molecule has 0 radical (unpaired) electrons. The van der Waals surface area contributed by atoms with E-state index in [0.717, 1.165) is 39.3 Å². The molecule has 0 aromatic carbocycles. The molecule has 2 heterocycles. The maximum atomic E-state index is 11.5. The number of hydrogen-bond acceptors (Lipinski definition) is 3. The molecule has 4 heteroatoms. The van der Waals surface area contributed by atoms with Crippen molar-refractivity contribution >= 4 is 0 Å². The van der Waals surface area contributed by atoms with Crippen LogP contribution in [0.15, 0.2) is 29.2 Å². The first-order valence-electron chi connectivity index (χ1n) is 5.95. The summed E-state index contributed by atoms with van der Waals surface area (Å²) in [6, 6.07) is 5.31. The van der Waals surface area contributed by atoms with Crippen molar-refractivity contribution in [2.75, 3.05) is 32.7 Å². The standard InChI is InChI=1S/C12H19N3O/c16-12-4-1-2-8-15(12)11-10-14-7-3-5-13-6-9-14/h1-2,4,8,13H,3,5-7,9-11H2. The zero-order chi connectivity index (χ0) is 11.2. The second kappa shape index (κ2) is 5.82. The fraction of sp³-hybridized carbons (Fsp3) is 0.583. The topological polar surface area (TPSA) is 37.3 Å². The first-order chi connectivity index (χ1) is 7.86. The second-order valence-corrected chi connectivity index (χ2v) is 4.18. The van der Waals surface area contributed by atoms with Gasteiger partial charge in [0.2, 0.25) is 0 Å². The highest BCUT2D eigenvalue weighted by Crippen LogP contribution is 1.95. The van der Waals surface area contributed by atoms with Gasteiger partial charge in [-0.05, 0) is 25.6 Å². The van der Waals surface area contributed by atoms with Crippen LogP contribution in [-0.4, -0.2) is 42.2 Å². The molecule has 88 valence electrons. The highest BCUT2D eigenvalue weighted by atomic mass is 16.1. The molecular formula is C12H19N3O. The van der Waals surface area contributed by atoms with Crippen LogP contribution < -0.4 is 10.9 Å². The zero-order valence-electron chi connectivity index (χ0n) is 9.56. The maximum Gasteiger partial charge on any atom is 0.250 e. The van der Waals surface area contributed by atoms with Gasteiger partial charge in [0.25, 0.3) is 5.56 Å². The Bertz CT molecular complexity index is 367. The van der Waals surface area contributed by atoms with Crippen LogP contribution in [0.1, 0.15) is 6.42 Å². The second-order valence-electron chi connectivity index (χ2n) is 4.18. The highest BCUT2D eigenvalue weighted by Gasteiger charge is 2.07. The van der Waals surface area contributed by atoms with Crippen molar-refractivity contribution in [1.82, 2.24) is 14.8 Å². The minimum absolute atomic E-state index is 0.0930. The summed E-state index contributed by atoms with van der Waals surface area (Å²) in [5.41, 5.74) is 0.0930. The number of aromatic nitrogens is 1. The number of hydrogen-bond donors (Lipinski definition) is 1. The molecule has 4 nitrogen and oxygen atoms in total. The molecule has 2 rings (SSSR count). The third-order valence-electron chi connectivity index (χ3n) is 2.99. The molecule has 1 aliphatic heterocycles. The number of rotatable bonds is 3. The van der Waals surface area contributed by atoms with Crippen LogP contribution in [0.3, 0.4) is 0 Å². The Hall–Kier alpha value is -1.13. The van der Waals surface area contributed by atoms with E-state index in [9.17, 15) is 4.79 Å². The van der Waals surface area contributed by atoms with E-state index < -0.39 is 0 Å². The van der Waals surface area contributed by atoms with E-state index in [0.29, 0.717) is 0 Å². The van der Waals surface area contributed by atoms with Gasteiger partial charge in [-0.15, -0.1) is 0 Å². The summed E-state index contributed by atoms with van der Waals surface area (Å²) < 4.78 is 1.78. The molecule has 1 N–H and O–H groups in total. The summed E-state index contributed by atoms with van der Waals surface area (Å²) in [5, 5.41) is 3.38. The quantitative estimate of drug-likeness (QED) is 0.789. The number of nitrogens with one attached hydrogen (secondary N) is 1. The van der Waals surface area contributed by atoms with E-state index in [-0.39, 0.29) is 5.56 Å². The van der Waals surface area contributed by atoms with Gasteiger partial charge in [-0.25, -0.2) is 0 Å². The molecule has 0 amide bonds. The fourth-order valence-corrected chi connectivity index (χ4v) is 2.02. The molecule has 0 bridgehead atoms. The summed E-state index contributed by atoms with van der Waals surface area (Å²) in [7, 11) is 0. The normalized spacial score (nSPS) is 18.2. The summed E-state index contributed by atoms with van der Waals surface area (Å²) in [5.74, 6) is 0. The molecule has 1 aromatic rings. The van der Waals surface area contributed by atoms with Crippen LogP contribution in [0, 0.1) is 0 Å².